The second kappa shape index (κ2) is 12.1. The van der Waals surface area contributed by atoms with Gasteiger partial charge in [0.05, 0.1) is 11.8 Å². The summed E-state index contributed by atoms with van der Waals surface area (Å²) >= 11 is 1.71. The number of hydrogen-bond acceptors (Lipinski definition) is 5. The van der Waals surface area contributed by atoms with Gasteiger partial charge >= 0.3 is 0 Å². The molecule has 0 bridgehead atoms. The first-order valence-corrected chi connectivity index (χ1v) is 19.3. The third kappa shape index (κ3) is 5.90. The Hall–Kier alpha value is -0.476. The highest BCUT2D eigenvalue weighted by atomic mass is 32.1. The number of aryl methyl sites for hydroxylation is 2. The Morgan fingerprint density at radius 3 is 1.53 bits per heavy atom. The Labute approximate surface area is 228 Å². The molecule has 0 fully saturated rings. The molecule has 1 aliphatic rings. The number of ether oxygens (including phenoxy) is 1. The van der Waals surface area contributed by atoms with Gasteiger partial charge in [-0.25, -0.2) is 4.98 Å². The SMILES string of the molecule is Cc1nc(C2=C[C@H](O[Si](C(C)C)(C(C)C)C(C)C)[C@@H](O[Si](C(C)C)(C(C)C)C(C)C)[C@H](C)O2)sc1C. The van der Waals surface area contributed by atoms with Crippen LogP contribution in [-0.4, -0.2) is 39.9 Å². The monoisotopic (exact) mass is 553 g/mol. The average molecular weight is 554 g/mol. The van der Waals surface area contributed by atoms with Crippen LogP contribution in [0.15, 0.2) is 6.08 Å². The van der Waals surface area contributed by atoms with Crippen molar-refractivity contribution in [3.63, 3.8) is 0 Å². The molecule has 208 valence electrons. The van der Waals surface area contributed by atoms with Crippen LogP contribution >= 0.6 is 11.3 Å². The minimum atomic E-state index is -2.16. The fourth-order valence-corrected chi connectivity index (χ4v) is 19.1. The fourth-order valence-electron chi connectivity index (χ4n) is 7.07. The molecule has 36 heavy (non-hydrogen) atoms. The van der Waals surface area contributed by atoms with Crippen LogP contribution in [0.2, 0.25) is 33.2 Å². The standard InChI is InChI=1S/C29H55NO3SSi2/c1-17(2)35(18(3)4,19(5)6)32-26-16-27(29-30-23(13)25(15)34-29)31-24(14)28(26)33-36(20(7)8,21(9)10)22(11)12/h16-22,24,26,28H,1-15H3/t24-,26-,28-/m0/s1. The molecule has 2 heterocycles. The molecule has 0 unspecified atom stereocenters. The molecule has 0 N–H and O–H groups in total. The van der Waals surface area contributed by atoms with E-state index in [-0.39, 0.29) is 18.3 Å². The summed E-state index contributed by atoms with van der Waals surface area (Å²) in [5.41, 5.74) is 4.08. The molecule has 2 rings (SSSR count). The van der Waals surface area contributed by atoms with Gasteiger partial charge in [-0.05, 0) is 60.1 Å². The third-order valence-corrected chi connectivity index (χ3v) is 22.0. The molecule has 0 saturated heterocycles. The molecular formula is C29H55NO3SSi2. The Kier molecular flexibility index (Phi) is 10.7. The summed E-state index contributed by atoms with van der Waals surface area (Å²) in [4.78, 5) is 6.07. The van der Waals surface area contributed by atoms with Crippen LogP contribution in [0, 0.1) is 13.8 Å². The molecule has 7 heteroatoms. The minimum absolute atomic E-state index is 0.110. The molecule has 1 aromatic heterocycles. The maximum Gasteiger partial charge on any atom is 0.201 e. The van der Waals surface area contributed by atoms with E-state index in [9.17, 15) is 0 Å². The second-order valence-electron chi connectivity index (χ2n) is 12.8. The summed E-state index contributed by atoms with van der Waals surface area (Å²) < 4.78 is 21.5. The van der Waals surface area contributed by atoms with Crippen molar-refractivity contribution in [2.24, 2.45) is 0 Å². The summed E-state index contributed by atoms with van der Waals surface area (Å²) in [6.07, 6.45) is 1.84. The Morgan fingerprint density at radius 1 is 0.750 bits per heavy atom. The van der Waals surface area contributed by atoms with Crippen molar-refractivity contribution in [1.29, 1.82) is 0 Å². The van der Waals surface area contributed by atoms with Crippen LogP contribution in [0.4, 0.5) is 0 Å². The molecule has 0 saturated carbocycles. The zero-order valence-electron chi connectivity index (χ0n) is 25.9. The first-order valence-electron chi connectivity index (χ1n) is 14.2. The topological polar surface area (TPSA) is 40.6 Å². The zero-order chi connectivity index (χ0) is 27.7. The number of hydrogen-bond donors (Lipinski definition) is 0. The smallest absolute Gasteiger partial charge is 0.201 e. The van der Waals surface area contributed by atoms with Crippen LogP contribution in [-0.2, 0) is 13.6 Å². The summed E-state index contributed by atoms with van der Waals surface area (Å²) in [6.45, 7) is 34.7. The van der Waals surface area contributed by atoms with Gasteiger partial charge in [0.1, 0.15) is 12.2 Å². The summed E-state index contributed by atoms with van der Waals surface area (Å²) in [6, 6.07) is 0. The first kappa shape index (κ1) is 31.7. The van der Waals surface area contributed by atoms with Crippen molar-refractivity contribution >= 4 is 33.7 Å². The summed E-state index contributed by atoms with van der Waals surface area (Å²) in [7, 11) is -4.31. The Morgan fingerprint density at radius 2 is 1.17 bits per heavy atom. The fraction of sp³-hybridized carbons (Fsp3) is 0.828. The van der Waals surface area contributed by atoms with Crippen molar-refractivity contribution in [2.75, 3.05) is 0 Å². The largest absolute Gasteiger partial charge is 0.485 e. The van der Waals surface area contributed by atoms with E-state index in [1.165, 1.54) is 4.88 Å². The molecule has 1 aliphatic heterocycles. The summed E-state index contributed by atoms with van der Waals surface area (Å²) in [5, 5.41) is 0.954. The van der Waals surface area contributed by atoms with Gasteiger partial charge in [-0.2, -0.15) is 0 Å². The van der Waals surface area contributed by atoms with E-state index in [1.54, 1.807) is 11.3 Å². The highest BCUT2D eigenvalue weighted by molar-refractivity contribution is 7.12. The average Bonchev–Trinajstić information content (AvgIpc) is 3.07. The van der Waals surface area contributed by atoms with Gasteiger partial charge in [0, 0.05) is 4.88 Å². The predicted octanol–water partition coefficient (Wildman–Crippen LogP) is 9.64. The maximum atomic E-state index is 7.48. The van der Waals surface area contributed by atoms with Gasteiger partial charge in [0.15, 0.2) is 10.8 Å². The van der Waals surface area contributed by atoms with Crippen molar-refractivity contribution in [3.05, 3.63) is 21.7 Å². The lowest BCUT2D eigenvalue weighted by atomic mass is 10.1. The third-order valence-electron chi connectivity index (χ3n) is 8.75. The zero-order valence-corrected chi connectivity index (χ0v) is 28.7. The summed E-state index contributed by atoms with van der Waals surface area (Å²) in [5.74, 6) is 0.860. The minimum Gasteiger partial charge on any atom is -0.485 e. The van der Waals surface area contributed by atoms with Gasteiger partial charge in [-0.1, -0.05) is 83.1 Å². The molecule has 0 aliphatic carbocycles. The van der Waals surface area contributed by atoms with Crippen molar-refractivity contribution in [3.8, 4) is 0 Å². The highest BCUT2D eigenvalue weighted by Gasteiger charge is 2.53. The lowest BCUT2D eigenvalue weighted by molar-refractivity contribution is -0.0361. The molecule has 3 atom stereocenters. The van der Waals surface area contributed by atoms with E-state index in [2.05, 4.69) is 110 Å². The van der Waals surface area contributed by atoms with Crippen molar-refractivity contribution in [2.45, 2.75) is 155 Å². The molecule has 0 aromatic carbocycles. The van der Waals surface area contributed by atoms with E-state index in [4.69, 9.17) is 18.6 Å². The van der Waals surface area contributed by atoms with Crippen LogP contribution < -0.4 is 0 Å². The highest BCUT2D eigenvalue weighted by Crippen LogP contribution is 2.48. The van der Waals surface area contributed by atoms with Crippen LogP contribution in [0.5, 0.6) is 0 Å². The van der Waals surface area contributed by atoms with Crippen molar-refractivity contribution in [1.82, 2.24) is 4.98 Å². The van der Waals surface area contributed by atoms with E-state index in [1.807, 2.05) is 0 Å². The molecule has 0 radical (unpaired) electrons. The van der Waals surface area contributed by atoms with Crippen molar-refractivity contribution < 1.29 is 13.6 Å². The van der Waals surface area contributed by atoms with Crippen LogP contribution in [0.3, 0.4) is 0 Å². The Balaban J connectivity index is 2.69. The number of nitrogens with zero attached hydrogens (tertiary/aromatic N) is 1. The number of aromatic nitrogens is 1. The van der Waals surface area contributed by atoms with Gasteiger partial charge in [0.25, 0.3) is 0 Å². The first-order chi connectivity index (χ1) is 16.5. The van der Waals surface area contributed by atoms with E-state index >= 15 is 0 Å². The molecule has 4 nitrogen and oxygen atoms in total. The van der Waals surface area contributed by atoms with Gasteiger partial charge < -0.3 is 13.6 Å². The lowest BCUT2D eigenvalue weighted by Crippen LogP contribution is -2.59. The quantitative estimate of drug-likeness (QED) is 0.256. The maximum absolute atomic E-state index is 7.48. The van der Waals surface area contributed by atoms with Crippen LogP contribution in [0.25, 0.3) is 5.76 Å². The van der Waals surface area contributed by atoms with Gasteiger partial charge in [-0.3, -0.25) is 0 Å². The normalized spacial score (nSPS) is 21.9. The van der Waals surface area contributed by atoms with Gasteiger partial charge in [0.2, 0.25) is 16.6 Å². The van der Waals surface area contributed by atoms with Crippen LogP contribution in [0.1, 0.15) is 106 Å². The predicted molar refractivity (Wildman–Crippen MR) is 162 cm³/mol. The lowest BCUT2D eigenvalue weighted by Gasteiger charge is -2.51. The molecule has 0 spiro atoms. The van der Waals surface area contributed by atoms with Gasteiger partial charge in [-0.15, -0.1) is 11.3 Å². The Bertz CT molecular complexity index is 828. The number of rotatable bonds is 11. The molecular weight excluding hydrogens is 499 g/mol. The van der Waals surface area contributed by atoms with E-state index < -0.39 is 16.6 Å². The second-order valence-corrected chi connectivity index (χ2v) is 24.8. The van der Waals surface area contributed by atoms with E-state index in [0.29, 0.717) is 33.2 Å². The number of thiazole rings is 1. The van der Waals surface area contributed by atoms with E-state index in [0.717, 1.165) is 16.5 Å². The molecule has 1 aromatic rings. The molecule has 0 amide bonds.